The maximum Gasteiger partial charge on any atom is 0.417 e. The Labute approximate surface area is 165 Å². The van der Waals surface area contributed by atoms with Crippen molar-refractivity contribution >= 4 is 17.3 Å². The fraction of sp³-hybridized carbons (Fsp3) is 0.421. The predicted octanol–water partition coefficient (Wildman–Crippen LogP) is 3.69. The highest BCUT2D eigenvalue weighted by Gasteiger charge is 2.31. The molecule has 5 nitrogen and oxygen atoms in total. The topological polar surface area (TPSA) is 55.3 Å². The Morgan fingerprint density at radius 3 is 2.79 bits per heavy atom. The molecule has 1 aliphatic heterocycles. The molecule has 1 atom stereocenters. The third-order valence-electron chi connectivity index (χ3n) is 4.50. The fourth-order valence-electron chi connectivity index (χ4n) is 3.04. The molecule has 1 unspecified atom stereocenters. The molecule has 9 heteroatoms. The molecule has 0 radical (unpaired) electrons. The summed E-state index contributed by atoms with van der Waals surface area (Å²) < 4.78 is 45.1. The van der Waals surface area contributed by atoms with Gasteiger partial charge in [0.15, 0.2) is 0 Å². The van der Waals surface area contributed by atoms with Crippen molar-refractivity contribution in [3.8, 4) is 5.69 Å². The van der Waals surface area contributed by atoms with E-state index in [0.29, 0.717) is 12.6 Å². The normalized spacial score (nSPS) is 17.5. The van der Waals surface area contributed by atoms with Gasteiger partial charge < -0.3 is 15.4 Å². The summed E-state index contributed by atoms with van der Waals surface area (Å²) >= 11 is 6.23. The zero-order valence-corrected chi connectivity index (χ0v) is 15.8. The van der Waals surface area contributed by atoms with E-state index in [2.05, 4.69) is 10.6 Å². The highest BCUT2D eigenvalue weighted by atomic mass is 35.5. The summed E-state index contributed by atoms with van der Waals surface area (Å²) in [7, 11) is 0. The van der Waals surface area contributed by atoms with Crippen LogP contribution in [0.1, 0.15) is 18.4 Å². The Bertz CT molecular complexity index is 864. The monoisotopic (exact) mass is 415 g/mol. The zero-order chi connectivity index (χ0) is 20.1. The van der Waals surface area contributed by atoms with Gasteiger partial charge in [0.05, 0.1) is 29.5 Å². The van der Waals surface area contributed by atoms with Gasteiger partial charge in [-0.25, -0.2) is 0 Å². The quantitative estimate of drug-likeness (QED) is 0.706. The van der Waals surface area contributed by atoms with Crippen molar-refractivity contribution in [1.29, 1.82) is 0 Å². The third kappa shape index (κ3) is 5.27. The first-order valence-corrected chi connectivity index (χ1v) is 9.37. The van der Waals surface area contributed by atoms with Crippen LogP contribution in [-0.4, -0.2) is 36.9 Å². The van der Waals surface area contributed by atoms with E-state index in [1.54, 1.807) is 12.1 Å². The smallest absolute Gasteiger partial charge is 0.385 e. The molecule has 3 rings (SSSR count). The lowest BCUT2D eigenvalue weighted by atomic mass is 10.1. The second-order valence-corrected chi connectivity index (χ2v) is 6.99. The molecule has 28 heavy (non-hydrogen) atoms. The van der Waals surface area contributed by atoms with E-state index in [0.717, 1.165) is 61.1 Å². The minimum Gasteiger partial charge on any atom is -0.385 e. The van der Waals surface area contributed by atoms with Gasteiger partial charge in [0.1, 0.15) is 0 Å². The standard InChI is InChI=1S/C19H21ClF3N3O2/c20-16-10-14(24-7-1-2-15-12-28-9-8-25-15)4-5-17(16)26-11-13(19(21,22)23)3-6-18(26)27/h3-6,10-11,15,24-25H,1-2,7-9,12H2. The number of morpholine rings is 1. The Hall–Kier alpha value is -2.03. The van der Waals surface area contributed by atoms with Crippen LogP contribution in [0.5, 0.6) is 0 Å². The van der Waals surface area contributed by atoms with Gasteiger partial charge in [0.2, 0.25) is 0 Å². The van der Waals surface area contributed by atoms with Crippen LogP contribution < -0.4 is 16.2 Å². The van der Waals surface area contributed by atoms with E-state index in [1.165, 1.54) is 6.07 Å². The molecule has 0 amide bonds. The third-order valence-corrected chi connectivity index (χ3v) is 4.81. The maximum absolute atomic E-state index is 12.9. The number of hydrogen-bond acceptors (Lipinski definition) is 4. The Kier molecular flexibility index (Phi) is 6.64. The number of rotatable bonds is 6. The molecule has 0 saturated carbocycles. The SMILES string of the molecule is O=c1ccc(C(F)(F)F)cn1-c1ccc(NCCCC2COCCN2)cc1Cl. The van der Waals surface area contributed by atoms with Gasteiger partial charge in [-0.15, -0.1) is 0 Å². The molecule has 0 bridgehead atoms. The van der Waals surface area contributed by atoms with Crippen molar-refractivity contribution in [1.82, 2.24) is 9.88 Å². The first-order valence-electron chi connectivity index (χ1n) is 8.99. The minimum absolute atomic E-state index is 0.189. The number of hydrogen-bond donors (Lipinski definition) is 2. The van der Waals surface area contributed by atoms with Crippen molar-refractivity contribution < 1.29 is 17.9 Å². The average molecular weight is 416 g/mol. The maximum atomic E-state index is 12.9. The predicted molar refractivity (Wildman–Crippen MR) is 102 cm³/mol. The molecule has 2 aromatic rings. The van der Waals surface area contributed by atoms with Crippen LogP contribution in [0.3, 0.4) is 0 Å². The number of pyridine rings is 1. The van der Waals surface area contributed by atoms with E-state index in [4.69, 9.17) is 16.3 Å². The minimum atomic E-state index is -4.54. The van der Waals surface area contributed by atoms with E-state index < -0.39 is 17.3 Å². The van der Waals surface area contributed by atoms with Crippen LogP contribution in [0, 0.1) is 0 Å². The Morgan fingerprint density at radius 1 is 1.29 bits per heavy atom. The Balaban J connectivity index is 1.65. The highest BCUT2D eigenvalue weighted by Crippen LogP contribution is 2.30. The molecule has 1 saturated heterocycles. The summed E-state index contributed by atoms with van der Waals surface area (Å²) in [5.74, 6) is 0. The number of halogens is 4. The molecule has 1 aliphatic rings. The summed E-state index contributed by atoms with van der Waals surface area (Å²) in [5, 5.41) is 6.81. The summed E-state index contributed by atoms with van der Waals surface area (Å²) in [4.78, 5) is 12.0. The molecular formula is C19H21ClF3N3O2. The second-order valence-electron chi connectivity index (χ2n) is 6.58. The first-order chi connectivity index (χ1) is 13.3. The second kappa shape index (κ2) is 8.98. The van der Waals surface area contributed by atoms with Crippen LogP contribution in [0.2, 0.25) is 5.02 Å². The Morgan fingerprint density at radius 2 is 2.11 bits per heavy atom. The van der Waals surface area contributed by atoms with Gasteiger partial charge >= 0.3 is 6.18 Å². The number of anilines is 1. The lowest BCUT2D eigenvalue weighted by molar-refractivity contribution is -0.138. The van der Waals surface area contributed by atoms with E-state index >= 15 is 0 Å². The highest BCUT2D eigenvalue weighted by molar-refractivity contribution is 6.32. The van der Waals surface area contributed by atoms with Gasteiger partial charge in [0.25, 0.3) is 5.56 Å². The lowest BCUT2D eigenvalue weighted by Crippen LogP contribution is -2.41. The van der Waals surface area contributed by atoms with Crippen LogP contribution in [-0.2, 0) is 10.9 Å². The van der Waals surface area contributed by atoms with Crippen LogP contribution >= 0.6 is 11.6 Å². The number of ether oxygens (including phenoxy) is 1. The number of alkyl halides is 3. The van der Waals surface area contributed by atoms with Crippen LogP contribution in [0.15, 0.2) is 41.3 Å². The number of aromatic nitrogens is 1. The largest absolute Gasteiger partial charge is 0.417 e. The number of benzene rings is 1. The van der Waals surface area contributed by atoms with Crippen molar-refractivity contribution in [2.75, 3.05) is 31.6 Å². The van der Waals surface area contributed by atoms with E-state index in [1.807, 2.05) is 0 Å². The fourth-order valence-corrected chi connectivity index (χ4v) is 3.31. The van der Waals surface area contributed by atoms with Gasteiger partial charge in [-0.05, 0) is 37.1 Å². The van der Waals surface area contributed by atoms with Crippen molar-refractivity contribution in [2.45, 2.75) is 25.1 Å². The van der Waals surface area contributed by atoms with E-state index in [-0.39, 0.29) is 10.7 Å². The molecule has 152 valence electrons. The lowest BCUT2D eigenvalue weighted by Gasteiger charge is -2.23. The summed E-state index contributed by atoms with van der Waals surface area (Å²) in [6.45, 7) is 3.04. The van der Waals surface area contributed by atoms with Crippen molar-refractivity contribution in [3.05, 3.63) is 57.5 Å². The molecule has 0 spiro atoms. The molecule has 2 heterocycles. The van der Waals surface area contributed by atoms with Crippen LogP contribution in [0.25, 0.3) is 5.69 Å². The van der Waals surface area contributed by atoms with Gasteiger partial charge in [0, 0.05) is 37.1 Å². The summed E-state index contributed by atoms with van der Waals surface area (Å²) in [5.41, 5.74) is -0.558. The molecule has 2 N–H and O–H groups in total. The van der Waals surface area contributed by atoms with Gasteiger partial charge in [-0.3, -0.25) is 9.36 Å². The molecule has 1 aromatic heterocycles. The van der Waals surface area contributed by atoms with E-state index in [9.17, 15) is 18.0 Å². The zero-order valence-electron chi connectivity index (χ0n) is 15.1. The first kappa shape index (κ1) is 20.7. The van der Waals surface area contributed by atoms with Crippen molar-refractivity contribution in [2.24, 2.45) is 0 Å². The number of nitrogens with zero attached hydrogens (tertiary/aromatic N) is 1. The summed E-state index contributed by atoms with van der Waals surface area (Å²) in [6.07, 6.45) is -1.89. The molecule has 0 aliphatic carbocycles. The molecule has 1 aromatic carbocycles. The molecule has 1 fully saturated rings. The average Bonchev–Trinajstić information content (AvgIpc) is 2.66. The van der Waals surface area contributed by atoms with Gasteiger partial charge in [-0.2, -0.15) is 13.2 Å². The number of nitrogens with one attached hydrogen (secondary N) is 2. The van der Waals surface area contributed by atoms with Crippen LogP contribution in [0.4, 0.5) is 18.9 Å². The van der Waals surface area contributed by atoms with Gasteiger partial charge in [-0.1, -0.05) is 11.6 Å². The molecular weight excluding hydrogens is 395 g/mol. The van der Waals surface area contributed by atoms with Crippen molar-refractivity contribution in [3.63, 3.8) is 0 Å². The summed E-state index contributed by atoms with van der Waals surface area (Å²) in [6, 6.07) is 6.82.